The number of nitro benzene ring substituents is 1. The lowest BCUT2D eigenvalue weighted by molar-refractivity contribution is -0.384. The molecule has 2 aromatic carbocycles. The van der Waals surface area contributed by atoms with Gasteiger partial charge in [0.25, 0.3) is 5.69 Å². The molecule has 1 heterocycles. The number of nitrogens with zero attached hydrogens (tertiary/aromatic N) is 3. The number of nitrogens with two attached hydrogens (primary N) is 1. The lowest BCUT2D eigenvalue weighted by Gasteiger charge is -2.09. The number of H-pyrrole nitrogens is 1. The van der Waals surface area contributed by atoms with Crippen molar-refractivity contribution in [3.05, 3.63) is 64.0 Å². The van der Waals surface area contributed by atoms with Gasteiger partial charge >= 0.3 is 0 Å². The van der Waals surface area contributed by atoms with Gasteiger partial charge in [-0.15, -0.1) is 0 Å². The summed E-state index contributed by atoms with van der Waals surface area (Å²) in [6.07, 6.45) is 0. The van der Waals surface area contributed by atoms with E-state index in [1.54, 1.807) is 25.3 Å². The van der Waals surface area contributed by atoms with Gasteiger partial charge in [0, 0.05) is 12.1 Å². The van der Waals surface area contributed by atoms with E-state index in [4.69, 9.17) is 10.5 Å². The monoisotopic (exact) mass is 341 g/mol. The average molecular weight is 341 g/mol. The Morgan fingerprint density at radius 3 is 2.84 bits per heavy atom. The maximum absolute atomic E-state index is 10.9. The molecule has 1 aromatic heterocycles. The fraction of sp³-hybridized carbons (Fsp3) is 0.125. The molecule has 0 saturated carbocycles. The molecule has 0 bridgehead atoms. The second-order valence-corrected chi connectivity index (χ2v) is 5.26. The number of phenols is 1. The Kier molecular flexibility index (Phi) is 4.31. The number of non-ortho nitro benzene ring substituents is 1. The highest BCUT2D eigenvalue weighted by atomic mass is 16.6. The van der Waals surface area contributed by atoms with Crippen LogP contribution in [0, 0.1) is 10.1 Å². The molecule has 3 rings (SSSR count). The topological polar surface area (TPSA) is 140 Å². The van der Waals surface area contributed by atoms with Gasteiger partial charge in [-0.3, -0.25) is 15.2 Å². The highest BCUT2D eigenvalue weighted by molar-refractivity contribution is 5.66. The van der Waals surface area contributed by atoms with E-state index >= 15 is 0 Å². The molecule has 0 amide bonds. The van der Waals surface area contributed by atoms with Gasteiger partial charge in [-0.2, -0.15) is 5.10 Å². The van der Waals surface area contributed by atoms with Gasteiger partial charge in [0.2, 0.25) is 0 Å². The number of aromatic nitrogens is 3. The summed E-state index contributed by atoms with van der Waals surface area (Å²) in [5.41, 5.74) is 6.92. The summed E-state index contributed by atoms with van der Waals surface area (Å²) in [7, 11) is 1.56. The van der Waals surface area contributed by atoms with Gasteiger partial charge in [-0.05, 0) is 23.8 Å². The lowest BCUT2D eigenvalue weighted by Crippen LogP contribution is -2.13. The second-order valence-electron chi connectivity index (χ2n) is 5.26. The number of nitrogens with one attached hydrogen (secondary N) is 1. The number of benzene rings is 2. The molecule has 0 fully saturated rings. The van der Waals surface area contributed by atoms with Crippen LogP contribution in [0.5, 0.6) is 11.5 Å². The van der Waals surface area contributed by atoms with Crippen LogP contribution in [0.25, 0.3) is 11.4 Å². The Morgan fingerprint density at radius 1 is 1.32 bits per heavy atom. The van der Waals surface area contributed by atoms with E-state index in [1.807, 2.05) is 6.07 Å². The number of hydrogen-bond acceptors (Lipinski definition) is 7. The molecular formula is C16H15N5O4. The summed E-state index contributed by atoms with van der Waals surface area (Å²) in [4.78, 5) is 14.6. The smallest absolute Gasteiger partial charge is 0.270 e. The molecule has 0 aliphatic heterocycles. The lowest BCUT2D eigenvalue weighted by atomic mass is 10.1. The van der Waals surface area contributed by atoms with Crippen molar-refractivity contribution < 1.29 is 14.8 Å². The van der Waals surface area contributed by atoms with Gasteiger partial charge in [-0.25, -0.2) is 4.98 Å². The minimum absolute atomic E-state index is 0.120. The van der Waals surface area contributed by atoms with Crippen molar-refractivity contribution in [1.82, 2.24) is 15.2 Å². The fourth-order valence-electron chi connectivity index (χ4n) is 2.34. The van der Waals surface area contributed by atoms with Crippen LogP contribution in [0.4, 0.5) is 5.69 Å². The van der Waals surface area contributed by atoms with Gasteiger partial charge < -0.3 is 15.6 Å². The van der Waals surface area contributed by atoms with E-state index in [-0.39, 0.29) is 22.8 Å². The van der Waals surface area contributed by atoms with E-state index in [2.05, 4.69) is 15.2 Å². The molecule has 9 heteroatoms. The molecule has 128 valence electrons. The van der Waals surface area contributed by atoms with Crippen molar-refractivity contribution in [2.24, 2.45) is 5.73 Å². The first kappa shape index (κ1) is 16.4. The van der Waals surface area contributed by atoms with Crippen LogP contribution in [0.15, 0.2) is 42.5 Å². The quantitative estimate of drug-likeness (QED) is 0.477. The maximum atomic E-state index is 10.9. The Labute approximate surface area is 142 Å². The summed E-state index contributed by atoms with van der Waals surface area (Å²) in [6, 6.07) is 10.2. The molecule has 9 nitrogen and oxygen atoms in total. The van der Waals surface area contributed by atoms with E-state index in [0.717, 1.165) is 5.56 Å². The van der Waals surface area contributed by atoms with E-state index < -0.39 is 11.0 Å². The zero-order valence-electron chi connectivity index (χ0n) is 13.2. The van der Waals surface area contributed by atoms with Crippen molar-refractivity contribution in [2.45, 2.75) is 6.04 Å². The number of hydrogen-bond donors (Lipinski definition) is 3. The van der Waals surface area contributed by atoms with Crippen molar-refractivity contribution in [2.75, 3.05) is 7.11 Å². The van der Waals surface area contributed by atoms with Gasteiger partial charge in [0.05, 0.1) is 23.6 Å². The summed E-state index contributed by atoms with van der Waals surface area (Å²) in [5.74, 6) is 0.971. The Morgan fingerprint density at radius 2 is 2.12 bits per heavy atom. The molecule has 0 radical (unpaired) electrons. The Balaban J connectivity index is 1.94. The van der Waals surface area contributed by atoms with Crippen LogP contribution in [-0.4, -0.2) is 32.3 Å². The summed E-state index contributed by atoms with van der Waals surface area (Å²) in [5, 5.41) is 27.6. The average Bonchev–Trinajstić information content (AvgIpc) is 3.11. The number of aromatic hydroxyl groups is 1. The Hall–Kier alpha value is -3.46. The van der Waals surface area contributed by atoms with Crippen LogP contribution < -0.4 is 10.5 Å². The van der Waals surface area contributed by atoms with Crippen LogP contribution >= 0.6 is 0 Å². The molecule has 25 heavy (non-hydrogen) atoms. The third kappa shape index (κ3) is 3.26. The Bertz CT molecular complexity index is 924. The normalized spacial score (nSPS) is 11.9. The molecule has 1 atom stereocenters. The second kappa shape index (κ2) is 6.57. The first-order valence-corrected chi connectivity index (χ1v) is 7.29. The van der Waals surface area contributed by atoms with Crippen molar-refractivity contribution in [3.8, 4) is 22.9 Å². The van der Waals surface area contributed by atoms with Crippen LogP contribution in [0.3, 0.4) is 0 Å². The SMILES string of the molecule is COc1cccc([C@@H](N)c2nc(-c3cc([N+](=O)[O-])ccc3O)n[nH]2)c1. The van der Waals surface area contributed by atoms with Gasteiger partial charge in [0.1, 0.15) is 17.3 Å². The molecule has 0 aliphatic rings. The van der Waals surface area contributed by atoms with Gasteiger partial charge in [0.15, 0.2) is 5.82 Å². The highest BCUT2D eigenvalue weighted by Crippen LogP contribution is 2.31. The van der Waals surface area contributed by atoms with E-state index in [0.29, 0.717) is 11.6 Å². The number of methoxy groups -OCH3 is 1. The molecule has 0 saturated heterocycles. The summed E-state index contributed by atoms with van der Waals surface area (Å²) in [6.45, 7) is 0. The molecule has 0 spiro atoms. The largest absolute Gasteiger partial charge is 0.507 e. The maximum Gasteiger partial charge on any atom is 0.270 e. The summed E-state index contributed by atoms with van der Waals surface area (Å²) < 4.78 is 5.17. The fourth-order valence-corrected chi connectivity index (χ4v) is 2.34. The molecular weight excluding hydrogens is 326 g/mol. The molecule has 0 aliphatic carbocycles. The highest BCUT2D eigenvalue weighted by Gasteiger charge is 2.19. The van der Waals surface area contributed by atoms with Gasteiger partial charge in [-0.1, -0.05) is 12.1 Å². The zero-order valence-corrected chi connectivity index (χ0v) is 13.2. The number of ether oxygens (including phenoxy) is 1. The van der Waals surface area contributed by atoms with Crippen LogP contribution in [-0.2, 0) is 0 Å². The minimum atomic E-state index is -0.600. The van der Waals surface area contributed by atoms with Crippen molar-refractivity contribution in [1.29, 1.82) is 0 Å². The van der Waals surface area contributed by atoms with E-state index in [1.165, 1.54) is 18.2 Å². The molecule has 0 unspecified atom stereocenters. The predicted octanol–water partition coefficient (Wildman–Crippen LogP) is 2.14. The third-order valence-corrected chi connectivity index (χ3v) is 3.68. The molecule has 3 aromatic rings. The van der Waals surface area contributed by atoms with Crippen LogP contribution in [0.2, 0.25) is 0 Å². The number of rotatable bonds is 5. The van der Waals surface area contributed by atoms with Crippen molar-refractivity contribution >= 4 is 5.69 Å². The first-order chi connectivity index (χ1) is 12.0. The molecule has 4 N–H and O–H groups in total. The van der Waals surface area contributed by atoms with Crippen molar-refractivity contribution in [3.63, 3.8) is 0 Å². The van der Waals surface area contributed by atoms with Crippen LogP contribution in [0.1, 0.15) is 17.4 Å². The number of phenolic OH excluding ortho intramolecular Hbond substituents is 1. The minimum Gasteiger partial charge on any atom is -0.507 e. The standard InChI is InChI=1S/C16H15N5O4/c1-25-11-4-2-3-9(7-11)14(17)16-18-15(19-20-16)12-8-10(21(23)24)5-6-13(12)22/h2-8,14,22H,17H2,1H3,(H,18,19,20)/t14-/m1/s1. The predicted molar refractivity (Wildman–Crippen MR) is 89.2 cm³/mol. The summed E-state index contributed by atoms with van der Waals surface area (Å²) >= 11 is 0. The third-order valence-electron chi connectivity index (χ3n) is 3.68. The number of nitro groups is 1. The van der Waals surface area contributed by atoms with E-state index in [9.17, 15) is 15.2 Å². The number of aromatic amines is 1. The zero-order chi connectivity index (χ0) is 18.0. The first-order valence-electron chi connectivity index (χ1n) is 7.29.